The van der Waals surface area contributed by atoms with Crippen molar-refractivity contribution in [3.63, 3.8) is 0 Å². The van der Waals surface area contributed by atoms with Crippen LogP contribution in [0.2, 0.25) is 5.02 Å². The van der Waals surface area contributed by atoms with E-state index in [1.165, 1.54) is 0 Å². The van der Waals surface area contributed by atoms with E-state index in [0.29, 0.717) is 18.0 Å². The van der Waals surface area contributed by atoms with E-state index in [2.05, 4.69) is 20.9 Å². The van der Waals surface area contributed by atoms with Crippen LogP contribution in [0.25, 0.3) is 0 Å². The maximum absolute atomic E-state index is 14.2. The molecule has 6 rings (SSSR count). The van der Waals surface area contributed by atoms with E-state index in [9.17, 15) is 4.79 Å². The Labute approximate surface area is 198 Å². The van der Waals surface area contributed by atoms with Gasteiger partial charge in [0.25, 0.3) is 5.91 Å². The Bertz CT molecular complexity index is 1250. The number of para-hydroxylation sites is 1. The monoisotopic (exact) mass is 457 g/mol. The number of aromatic nitrogens is 1. The summed E-state index contributed by atoms with van der Waals surface area (Å²) in [5.41, 5.74) is 3.17. The van der Waals surface area contributed by atoms with E-state index in [4.69, 9.17) is 16.7 Å². The Balaban J connectivity index is 1.47. The Morgan fingerprint density at radius 1 is 1.03 bits per heavy atom. The highest BCUT2D eigenvalue weighted by atomic mass is 35.5. The lowest BCUT2D eigenvalue weighted by Gasteiger charge is -2.53. The SMILES string of the molecule is CC1=NN(c2ccccc2)C(=O)[C@]12Cc1ccc(Cl)cc1N1CCN(c3ccccn3)C[C@H]12. The molecule has 3 aromatic rings. The molecular formula is C26H24ClN5O. The summed E-state index contributed by atoms with van der Waals surface area (Å²) in [6, 6.07) is 21.6. The number of anilines is 3. The molecule has 3 aliphatic heterocycles. The van der Waals surface area contributed by atoms with Crippen molar-refractivity contribution >= 4 is 40.4 Å². The third-order valence-electron chi connectivity index (χ3n) is 7.22. The Kier molecular flexibility index (Phi) is 4.66. The summed E-state index contributed by atoms with van der Waals surface area (Å²) >= 11 is 6.40. The Hall–Kier alpha value is -3.38. The van der Waals surface area contributed by atoms with Crippen LogP contribution in [0.5, 0.6) is 0 Å². The van der Waals surface area contributed by atoms with E-state index >= 15 is 0 Å². The van der Waals surface area contributed by atoms with Crippen LogP contribution in [0.3, 0.4) is 0 Å². The van der Waals surface area contributed by atoms with E-state index in [-0.39, 0.29) is 11.9 Å². The second-order valence-corrected chi connectivity index (χ2v) is 9.34. The zero-order valence-electron chi connectivity index (χ0n) is 18.4. The first-order chi connectivity index (χ1) is 16.1. The fraction of sp³-hybridized carbons (Fsp3) is 0.269. The molecule has 7 heteroatoms. The molecule has 0 bridgehead atoms. The number of hydrogen-bond donors (Lipinski definition) is 0. The van der Waals surface area contributed by atoms with Gasteiger partial charge in [0.1, 0.15) is 11.2 Å². The topological polar surface area (TPSA) is 52.0 Å². The average molecular weight is 458 g/mol. The van der Waals surface area contributed by atoms with E-state index in [0.717, 1.165) is 41.6 Å². The molecule has 2 aromatic carbocycles. The highest BCUT2D eigenvalue weighted by Gasteiger charge is 2.60. The number of amides is 1. The number of hydrogen-bond acceptors (Lipinski definition) is 5. The standard InChI is InChI=1S/C26H24ClN5O/c1-18-26(25(33)32(29-18)21-7-3-2-4-8-21)16-19-10-11-20(27)15-22(19)31-14-13-30(17-23(26)31)24-9-5-6-12-28-24/h2-12,15,23H,13-14,16-17H2,1H3/t23-,26+/m0/s1. The molecule has 2 atom stereocenters. The van der Waals surface area contributed by atoms with Crippen molar-refractivity contribution in [1.29, 1.82) is 0 Å². The van der Waals surface area contributed by atoms with Crippen LogP contribution in [0.15, 0.2) is 78.0 Å². The number of rotatable bonds is 2. The van der Waals surface area contributed by atoms with Gasteiger partial charge in [0, 0.05) is 36.5 Å². The van der Waals surface area contributed by atoms with Gasteiger partial charge in [-0.05, 0) is 55.3 Å². The molecule has 0 N–H and O–H groups in total. The molecule has 4 heterocycles. The minimum Gasteiger partial charge on any atom is -0.363 e. The molecule has 0 radical (unpaired) electrons. The molecule has 1 fully saturated rings. The maximum Gasteiger partial charge on any atom is 0.261 e. The van der Waals surface area contributed by atoms with Crippen molar-refractivity contribution in [1.82, 2.24) is 4.98 Å². The van der Waals surface area contributed by atoms with Crippen molar-refractivity contribution in [2.75, 3.05) is 34.4 Å². The number of piperazine rings is 1. The number of benzene rings is 2. The first-order valence-electron chi connectivity index (χ1n) is 11.2. The zero-order chi connectivity index (χ0) is 22.6. The van der Waals surface area contributed by atoms with Crippen LogP contribution >= 0.6 is 11.6 Å². The summed E-state index contributed by atoms with van der Waals surface area (Å²) < 4.78 is 0. The first-order valence-corrected chi connectivity index (χ1v) is 11.6. The molecule has 0 unspecified atom stereocenters. The molecule has 1 spiro atoms. The van der Waals surface area contributed by atoms with Crippen LogP contribution in [0.4, 0.5) is 17.2 Å². The fourth-order valence-electron chi connectivity index (χ4n) is 5.57. The summed E-state index contributed by atoms with van der Waals surface area (Å²) in [7, 11) is 0. The van der Waals surface area contributed by atoms with Crippen LogP contribution in [0.1, 0.15) is 12.5 Å². The number of carbonyl (C=O) groups is 1. The quantitative estimate of drug-likeness (QED) is 0.572. The Morgan fingerprint density at radius 3 is 2.64 bits per heavy atom. The number of hydrazone groups is 1. The summed E-state index contributed by atoms with van der Waals surface area (Å²) in [6.07, 6.45) is 2.42. The predicted molar refractivity (Wildman–Crippen MR) is 132 cm³/mol. The molecule has 166 valence electrons. The van der Waals surface area contributed by atoms with Gasteiger partial charge in [-0.3, -0.25) is 4.79 Å². The average Bonchev–Trinajstić information content (AvgIpc) is 3.11. The minimum absolute atomic E-state index is 0.0321. The van der Waals surface area contributed by atoms with E-state index in [1.54, 1.807) is 5.01 Å². The molecule has 1 amide bonds. The van der Waals surface area contributed by atoms with Crippen molar-refractivity contribution in [2.24, 2.45) is 10.5 Å². The van der Waals surface area contributed by atoms with E-state index in [1.807, 2.05) is 73.8 Å². The summed E-state index contributed by atoms with van der Waals surface area (Å²) in [4.78, 5) is 23.4. The van der Waals surface area contributed by atoms with Gasteiger partial charge in [-0.2, -0.15) is 10.1 Å². The highest BCUT2D eigenvalue weighted by molar-refractivity contribution is 6.31. The number of carbonyl (C=O) groups excluding carboxylic acids is 1. The number of nitrogens with zero attached hydrogens (tertiary/aromatic N) is 5. The largest absolute Gasteiger partial charge is 0.363 e. The third-order valence-corrected chi connectivity index (χ3v) is 7.45. The van der Waals surface area contributed by atoms with Crippen molar-refractivity contribution < 1.29 is 4.79 Å². The number of pyridine rings is 1. The van der Waals surface area contributed by atoms with Gasteiger partial charge in [0.2, 0.25) is 0 Å². The third kappa shape index (κ3) is 3.04. The molecule has 33 heavy (non-hydrogen) atoms. The summed E-state index contributed by atoms with van der Waals surface area (Å²) in [5.74, 6) is 0.966. The van der Waals surface area contributed by atoms with Gasteiger partial charge in [-0.1, -0.05) is 41.9 Å². The predicted octanol–water partition coefficient (Wildman–Crippen LogP) is 4.40. The Morgan fingerprint density at radius 2 is 1.85 bits per heavy atom. The van der Waals surface area contributed by atoms with E-state index < -0.39 is 5.41 Å². The molecule has 3 aliphatic rings. The second-order valence-electron chi connectivity index (χ2n) is 8.90. The second kappa shape index (κ2) is 7.59. The van der Waals surface area contributed by atoms with Gasteiger partial charge < -0.3 is 9.80 Å². The normalized spacial score (nSPS) is 24.1. The van der Waals surface area contributed by atoms with Gasteiger partial charge in [-0.25, -0.2) is 4.98 Å². The van der Waals surface area contributed by atoms with Crippen molar-refractivity contribution in [3.05, 3.63) is 83.5 Å². The lowest BCUT2D eigenvalue weighted by atomic mass is 9.67. The first kappa shape index (κ1) is 20.2. The number of fused-ring (bicyclic) bond motifs is 4. The molecule has 1 aromatic heterocycles. The lowest BCUT2D eigenvalue weighted by Crippen LogP contribution is -2.67. The van der Waals surface area contributed by atoms with Crippen LogP contribution in [-0.4, -0.2) is 42.3 Å². The lowest BCUT2D eigenvalue weighted by molar-refractivity contribution is -0.125. The molecule has 1 saturated heterocycles. The van der Waals surface area contributed by atoms with Gasteiger partial charge in [0.15, 0.2) is 0 Å². The highest BCUT2D eigenvalue weighted by Crippen LogP contribution is 2.48. The van der Waals surface area contributed by atoms with Gasteiger partial charge in [0.05, 0.1) is 17.4 Å². The van der Waals surface area contributed by atoms with Crippen LogP contribution in [0, 0.1) is 5.41 Å². The summed E-state index contributed by atoms with van der Waals surface area (Å²) in [5, 5.41) is 7.11. The molecule has 6 nitrogen and oxygen atoms in total. The van der Waals surface area contributed by atoms with Crippen LogP contribution in [-0.2, 0) is 11.2 Å². The molecular weight excluding hydrogens is 434 g/mol. The smallest absolute Gasteiger partial charge is 0.261 e. The van der Waals surface area contributed by atoms with Crippen LogP contribution < -0.4 is 14.8 Å². The van der Waals surface area contributed by atoms with Gasteiger partial charge >= 0.3 is 0 Å². The minimum atomic E-state index is -0.746. The molecule has 0 aliphatic carbocycles. The summed E-state index contributed by atoms with van der Waals surface area (Å²) in [6.45, 7) is 4.29. The van der Waals surface area contributed by atoms with Crippen molar-refractivity contribution in [3.8, 4) is 0 Å². The van der Waals surface area contributed by atoms with Crippen molar-refractivity contribution in [2.45, 2.75) is 19.4 Å². The maximum atomic E-state index is 14.2. The number of halogens is 1. The molecule has 0 saturated carbocycles. The fourth-order valence-corrected chi connectivity index (χ4v) is 5.74. The zero-order valence-corrected chi connectivity index (χ0v) is 19.1. The van der Waals surface area contributed by atoms with Gasteiger partial charge in [-0.15, -0.1) is 0 Å².